The van der Waals surface area contributed by atoms with Crippen molar-refractivity contribution >= 4 is 21.6 Å². The molecule has 0 N–H and O–H groups in total. The Kier molecular flexibility index (Phi) is 3.94. The minimum absolute atomic E-state index is 0.406. The second kappa shape index (κ2) is 5.27. The summed E-state index contributed by atoms with van der Waals surface area (Å²) >= 11 is 1.46. The summed E-state index contributed by atoms with van der Waals surface area (Å²) in [6.45, 7) is 1.95. The van der Waals surface area contributed by atoms with Gasteiger partial charge in [-0.3, -0.25) is 0 Å². The highest BCUT2D eigenvalue weighted by atomic mass is 32.3. The minimum atomic E-state index is -3.28. The molecular formula is C13H16O2S2. The highest BCUT2D eigenvalue weighted by molar-refractivity contribution is 8.18. The number of sulfone groups is 1. The molecule has 1 aliphatic rings. The first-order valence-electron chi connectivity index (χ1n) is 5.75. The van der Waals surface area contributed by atoms with Crippen LogP contribution in [0.2, 0.25) is 0 Å². The lowest BCUT2D eigenvalue weighted by Gasteiger charge is -2.07. The highest BCUT2D eigenvalue weighted by Gasteiger charge is 2.21. The van der Waals surface area contributed by atoms with Crippen LogP contribution in [0.4, 0.5) is 0 Å². The Hall–Kier alpha value is -0.740. The minimum Gasteiger partial charge on any atom is -0.218 e. The van der Waals surface area contributed by atoms with E-state index < -0.39 is 9.84 Å². The maximum Gasteiger partial charge on any atom is 0.212 e. The first-order chi connectivity index (χ1) is 8.10. The zero-order valence-electron chi connectivity index (χ0n) is 9.85. The van der Waals surface area contributed by atoms with Gasteiger partial charge in [0.1, 0.15) is 4.24 Å². The molecule has 2 rings (SSSR count). The van der Waals surface area contributed by atoms with Crippen molar-refractivity contribution in [1.29, 1.82) is 0 Å². The summed E-state index contributed by atoms with van der Waals surface area (Å²) in [6, 6.07) is 7.07. The van der Waals surface area contributed by atoms with Crippen LogP contribution in [-0.2, 0) is 9.84 Å². The Morgan fingerprint density at radius 2 is 1.82 bits per heavy atom. The van der Waals surface area contributed by atoms with Crippen LogP contribution in [0, 0.1) is 6.92 Å². The van der Waals surface area contributed by atoms with Crippen LogP contribution in [0.1, 0.15) is 24.8 Å². The summed E-state index contributed by atoms with van der Waals surface area (Å²) < 4.78 is 25.3. The van der Waals surface area contributed by atoms with Gasteiger partial charge >= 0.3 is 0 Å². The average Bonchev–Trinajstić information content (AvgIpc) is 2.58. The van der Waals surface area contributed by atoms with Crippen LogP contribution in [0.15, 0.2) is 39.5 Å². The zero-order valence-corrected chi connectivity index (χ0v) is 11.5. The highest BCUT2D eigenvalue weighted by Crippen LogP contribution is 2.32. The van der Waals surface area contributed by atoms with Gasteiger partial charge in [0.25, 0.3) is 0 Å². The van der Waals surface area contributed by atoms with E-state index in [-0.39, 0.29) is 0 Å². The average molecular weight is 268 g/mol. The monoisotopic (exact) mass is 268 g/mol. The van der Waals surface area contributed by atoms with Crippen LogP contribution in [0.5, 0.6) is 0 Å². The predicted molar refractivity (Wildman–Crippen MR) is 72.8 cm³/mol. The van der Waals surface area contributed by atoms with Gasteiger partial charge in [0.15, 0.2) is 0 Å². The predicted octanol–water partition coefficient (Wildman–Crippen LogP) is 3.53. The fraction of sp³-hybridized carbons (Fsp3) is 0.385. The number of aryl methyl sites for hydroxylation is 1. The molecule has 0 radical (unpaired) electrons. The van der Waals surface area contributed by atoms with Gasteiger partial charge in [0.05, 0.1) is 4.90 Å². The summed E-state index contributed by atoms with van der Waals surface area (Å²) in [5.74, 6) is 0.900. The van der Waals surface area contributed by atoms with E-state index in [1.54, 1.807) is 12.1 Å². The van der Waals surface area contributed by atoms with E-state index in [4.69, 9.17) is 0 Å². The van der Waals surface area contributed by atoms with Crippen LogP contribution in [-0.4, -0.2) is 14.2 Å². The lowest BCUT2D eigenvalue weighted by atomic mass is 10.2. The molecule has 1 heterocycles. The van der Waals surface area contributed by atoms with Crippen LogP contribution >= 0.6 is 11.8 Å². The van der Waals surface area contributed by atoms with E-state index in [2.05, 4.69) is 0 Å². The van der Waals surface area contributed by atoms with Crippen LogP contribution in [0.25, 0.3) is 0 Å². The van der Waals surface area contributed by atoms with Crippen molar-refractivity contribution in [3.63, 3.8) is 0 Å². The third kappa shape index (κ3) is 2.93. The Morgan fingerprint density at radius 1 is 1.12 bits per heavy atom. The van der Waals surface area contributed by atoms with E-state index in [0.717, 1.165) is 30.6 Å². The summed E-state index contributed by atoms with van der Waals surface area (Å²) in [4.78, 5) is 0.406. The number of hydrogen-bond donors (Lipinski definition) is 0. The second-order valence-electron chi connectivity index (χ2n) is 4.18. The number of allylic oxidation sites excluding steroid dienone is 1. The SMILES string of the molecule is Cc1ccc(S(=O)(=O)C2=CCCCCS2)cc1. The van der Waals surface area contributed by atoms with E-state index in [0.29, 0.717) is 9.13 Å². The van der Waals surface area contributed by atoms with Gasteiger partial charge in [-0.15, -0.1) is 11.8 Å². The molecule has 1 aromatic rings. The van der Waals surface area contributed by atoms with E-state index in [9.17, 15) is 8.42 Å². The summed E-state index contributed by atoms with van der Waals surface area (Å²) in [7, 11) is -3.28. The molecule has 0 aliphatic carbocycles. The standard InChI is InChI=1S/C13H16O2S2/c1-11-6-8-12(9-7-11)17(14,15)13-5-3-2-4-10-16-13/h5-9H,2-4,10H2,1H3. The molecule has 0 saturated heterocycles. The maximum atomic E-state index is 12.4. The molecule has 2 nitrogen and oxygen atoms in total. The molecule has 1 aliphatic heterocycles. The van der Waals surface area contributed by atoms with Crippen molar-refractivity contribution in [2.45, 2.75) is 31.1 Å². The molecule has 0 aromatic heterocycles. The van der Waals surface area contributed by atoms with E-state index in [1.807, 2.05) is 25.1 Å². The van der Waals surface area contributed by atoms with Gasteiger partial charge in [-0.2, -0.15) is 0 Å². The van der Waals surface area contributed by atoms with Crippen LogP contribution < -0.4 is 0 Å². The number of rotatable bonds is 2. The van der Waals surface area contributed by atoms with Gasteiger partial charge in [0, 0.05) is 0 Å². The third-order valence-corrected chi connectivity index (χ3v) is 6.29. The van der Waals surface area contributed by atoms with Crippen molar-refractivity contribution in [2.24, 2.45) is 0 Å². The summed E-state index contributed by atoms with van der Waals surface area (Å²) in [6.07, 6.45) is 4.91. The Bertz CT molecular complexity index is 513. The molecular weight excluding hydrogens is 252 g/mol. The van der Waals surface area contributed by atoms with Gasteiger partial charge in [-0.05, 0) is 44.1 Å². The molecule has 0 amide bonds. The smallest absolute Gasteiger partial charge is 0.212 e. The van der Waals surface area contributed by atoms with Gasteiger partial charge in [-0.25, -0.2) is 8.42 Å². The molecule has 0 unspecified atom stereocenters. The first kappa shape index (κ1) is 12.7. The van der Waals surface area contributed by atoms with Gasteiger partial charge < -0.3 is 0 Å². The van der Waals surface area contributed by atoms with E-state index >= 15 is 0 Å². The zero-order chi connectivity index (χ0) is 12.3. The van der Waals surface area contributed by atoms with Crippen molar-refractivity contribution in [2.75, 3.05) is 5.75 Å². The fourth-order valence-corrected chi connectivity index (χ4v) is 4.73. The quantitative estimate of drug-likeness (QED) is 0.823. The van der Waals surface area contributed by atoms with Crippen molar-refractivity contribution in [1.82, 2.24) is 0 Å². The molecule has 0 saturated carbocycles. The normalized spacial score (nSPS) is 17.4. The number of hydrogen-bond acceptors (Lipinski definition) is 3. The lowest BCUT2D eigenvalue weighted by molar-refractivity contribution is 0.604. The third-order valence-electron chi connectivity index (χ3n) is 2.75. The molecule has 4 heteroatoms. The molecule has 0 fully saturated rings. The van der Waals surface area contributed by atoms with E-state index in [1.165, 1.54) is 11.8 Å². The topological polar surface area (TPSA) is 34.1 Å². The number of thioether (sulfide) groups is 1. The molecule has 0 atom stereocenters. The van der Waals surface area contributed by atoms with Crippen molar-refractivity contribution < 1.29 is 8.42 Å². The van der Waals surface area contributed by atoms with Gasteiger partial charge in [0.2, 0.25) is 9.84 Å². The Morgan fingerprint density at radius 3 is 2.53 bits per heavy atom. The van der Waals surface area contributed by atoms with Crippen molar-refractivity contribution in [3.8, 4) is 0 Å². The van der Waals surface area contributed by atoms with Crippen molar-refractivity contribution in [3.05, 3.63) is 40.1 Å². The second-order valence-corrected chi connectivity index (χ2v) is 7.50. The van der Waals surface area contributed by atoms with Gasteiger partial charge in [-0.1, -0.05) is 23.8 Å². The largest absolute Gasteiger partial charge is 0.218 e. The molecule has 0 bridgehead atoms. The fourth-order valence-electron chi connectivity index (χ4n) is 1.72. The maximum absolute atomic E-state index is 12.4. The Labute approximate surface area is 107 Å². The Balaban J connectivity index is 2.35. The molecule has 1 aromatic carbocycles. The first-order valence-corrected chi connectivity index (χ1v) is 8.22. The summed E-state index contributed by atoms with van der Waals surface area (Å²) in [5, 5.41) is 0. The molecule has 17 heavy (non-hydrogen) atoms. The molecule has 0 spiro atoms. The lowest BCUT2D eigenvalue weighted by Crippen LogP contribution is -2.02. The summed E-state index contributed by atoms with van der Waals surface area (Å²) in [5.41, 5.74) is 1.08. The number of benzene rings is 1. The molecule has 92 valence electrons. The van der Waals surface area contributed by atoms with Crippen LogP contribution in [0.3, 0.4) is 0 Å².